The van der Waals surface area contributed by atoms with Gasteiger partial charge in [0, 0.05) is 6.20 Å². The Morgan fingerprint density at radius 3 is 2.71 bits per heavy atom. The van der Waals surface area contributed by atoms with Gasteiger partial charge >= 0.3 is 5.97 Å². The van der Waals surface area contributed by atoms with Crippen molar-refractivity contribution in [3.63, 3.8) is 0 Å². The number of alkyl halides is 2. The molecule has 0 saturated carbocycles. The molecule has 0 radical (unpaired) electrons. The van der Waals surface area contributed by atoms with Crippen molar-refractivity contribution in [3.05, 3.63) is 23.5 Å². The third-order valence-electron chi connectivity index (χ3n) is 1.64. The Bertz CT molecular complexity index is 355. The fourth-order valence-corrected chi connectivity index (χ4v) is 1.00. The molecule has 6 heteroatoms. The van der Waals surface area contributed by atoms with Crippen molar-refractivity contribution in [2.45, 2.75) is 6.43 Å². The molecule has 2 N–H and O–H groups in total. The summed E-state index contributed by atoms with van der Waals surface area (Å²) in [4.78, 5) is 14.6. The van der Waals surface area contributed by atoms with Gasteiger partial charge in [0.05, 0.1) is 30.1 Å². The van der Waals surface area contributed by atoms with Crippen LogP contribution in [0.5, 0.6) is 0 Å². The number of esters is 1. The molecular weight excluding hydrogens is 194 g/mol. The minimum absolute atomic E-state index is 0.220. The molecule has 0 amide bonds. The molecule has 1 rings (SSSR count). The highest BCUT2D eigenvalue weighted by Crippen LogP contribution is 2.27. The van der Waals surface area contributed by atoms with Gasteiger partial charge in [-0.3, -0.25) is 4.98 Å². The number of rotatable bonds is 2. The standard InChI is InChI=1S/C8H8F2N2O2/c1-14-8(13)4-2-12-3-5(11)6(4)7(9)10/h2-3,7H,11H2,1H3. The second kappa shape index (κ2) is 3.99. The first-order valence-corrected chi connectivity index (χ1v) is 3.67. The van der Waals surface area contributed by atoms with Crippen molar-refractivity contribution >= 4 is 11.7 Å². The number of aromatic nitrogens is 1. The fourth-order valence-electron chi connectivity index (χ4n) is 1.00. The van der Waals surface area contributed by atoms with Crippen LogP contribution in [0.2, 0.25) is 0 Å². The van der Waals surface area contributed by atoms with Gasteiger partial charge in [-0.05, 0) is 0 Å². The van der Waals surface area contributed by atoms with E-state index in [0.29, 0.717) is 0 Å². The Morgan fingerprint density at radius 2 is 2.21 bits per heavy atom. The summed E-state index contributed by atoms with van der Waals surface area (Å²) < 4.78 is 29.3. The van der Waals surface area contributed by atoms with Gasteiger partial charge in [0.1, 0.15) is 0 Å². The molecule has 76 valence electrons. The molecule has 0 aromatic carbocycles. The number of methoxy groups -OCH3 is 1. The van der Waals surface area contributed by atoms with E-state index in [1.165, 1.54) is 0 Å². The molecule has 0 fully saturated rings. The second-order valence-corrected chi connectivity index (χ2v) is 2.48. The first-order chi connectivity index (χ1) is 6.57. The maximum absolute atomic E-state index is 12.5. The van der Waals surface area contributed by atoms with Gasteiger partial charge in [0.2, 0.25) is 0 Å². The zero-order valence-corrected chi connectivity index (χ0v) is 7.33. The van der Waals surface area contributed by atoms with Gasteiger partial charge in [0.25, 0.3) is 6.43 Å². The van der Waals surface area contributed by atoms with E-state index in [1.54, 1.807) is 0 Å². The minimum atomic E-state index is -2.83. The molecule has 1 aromatic heterocycles. The molecule has 0 bridgehead atoms. The van der Waals surface area contributed by atoms with Crippen LogP contribution in [0.4, 0.5) is 14.5 Å². The quantitative estimate of drug-likeness (QED) is 0.736. The zero-order chi connectivity index (χ0) is 10.7. The Kier molecular flexibility index (Phi) is 2.95. The Morgan fingerprint density at radius 1 is 1.57 bits per heavy atom. The summed E-state index contributed by atoms with van der Waals surface area (Å²) in [6.07, 6.45) is -0.760. The number of carbonyl (C=O) groups is 1. The molecule has 1 aromatic rings. The van der Waals surface area contributed by atoms with Crippen molar-refractivity contribution < 1.29 is 18.3 Å². The summed E-state index contributed by atoms with van der Waals surface area (Å²) in [7, 11) is 1.10. The maximum Gasteiger partial charge on any atom is 0.340 e. The molecule has 14 heavy (non-hydrogen) atoms. The van der Waals surface area contributed by atoms with Crippen molar-refractivity contribution in [3.8, 4) is 0 Å². The van der Waals surface area contributed by atoms with Crippen LogP contribution in [0.15, 0.2) is 12.4 Å². The summed E-state index contributed by atoms with van der Waals surface area (Å²) in [6, 6.07) is 0. The van der Waals surface area contributed by atoms with E-state index < -0.39 is 18.0 Å². The van der Waals surface area contributed by atoms with Crippen LogP contribution in [0.3, 0.4) is 0 Å². The number of carbonyl (C=O) groups excluding carboxylic acids is 1. The molecule has 1 heterocycles. The predicted molar refractivity (Wildman–Crippen MR) is 44.9 cm³/mol. The van der Waals surface area contributed by atoms with Crippen LogP contribution in [-0.2, 0) is 4.74 Å². The molecule has 0 atom stereocenters. The van der Waals surface area contributed by atoms with Crippen LogP contribution < -0.4 is 5.73 Å². The molecule has 0 spiro atoms. The van der Waals surface area contributed by atoms with Gasteiger partial charge in [-0.2, -0.15) is 0 Å². The first-order valence-electron chi connectivity index (χ1n) is 3.67. The van der Waals surface area contributed by atoms with E-state index in [4.69, 9.17) is 5.73 Å². The van der Waals surface area contributed by atoms with E-state index >= 15 is 0 Å². The summed E-state index contributed by atoms with van der Waals surface area (Å²) in [5, 5.41) is 0. The summed E-state index contributed by atoms with van der Waals surface area (Å²) in [5.74, 6) is -0.875. The molecule has 0 aliphatic carbocycles. The Labute approximate surface area is 78.7 Å². The lowest BCUT2D eigenvalue weighted by Gasteiger charge is -2.08. The number of ether oxygens (including phenoxy) is 1. The lowest BCUT2D eigenvalue weighted by Crippen LogP contribution is -2.09. The number of hydrogen-bond donors (Lipinski definition) is 1. The van der Waals surface area contributed by atoms with Gasteiger partial charge in [0.15, 0.2) is 0 Å². The SMILES string of the molecule is COC(=O)c1cncc(N)c1C(F)F. The normalized spacial score (nSPS) is 10.3. The molecule has 4 nitrogen and oxygen atoms in total. The smallest absolute Gasteiger partial charge is 0.340 e. The third kappa shape index (κ3) is 1.78. The number of anilines is 1. The number of hydrogen-bond acceptors (Lipinski definition) is 4. The average molecular weight is 202 g/mol. The number of halogens is 2. The number of nitrogens with zero attached hydrogens (tertiary/aromatic N) is 1. The van der Waals surface area contributed by atoms with Gasteiger partial charge in [-0.1, -0.05) is 0 Å². The van der Waals surface area contributed by atoms with Crippen molar-refractivity contribution in [2.75, 3.05) is 12.8 Å². The highest BCUT2D eigenvalue weighted by atomic mass is 19.3. The first kappa shape index (κ1) is 10.4. The average Bonchev–Trinajstić information content (AvgIpc) is 2.15. The van der Waals surface area contributed by atoms with E-state index in [1.807, 2.05) is 0 Å². The third-order valence-corrected chi connectivity index (χ3v) is 1.64. The topological polar surface area (TPSA) is 65.2 Å². The van der Waals surface area contributed by atoms with Crippen molar-refractivity contribution in [1.82, 2.24) is 4.98 Å². The number of nitrogen functional groups attached to an aromatic ring is 1. The minimum Gasteiger partial charge on any atom is -0.465 e. The summed E-state index contributed by atoms with van der Waals surface area (Å²) in [5.41, 5.74) is 4.21. The largest absolute Gasteiger partial charge is 0.465 e. The van der Waals surface area contributed by atoms with E-state index in [2.05, 4.69) is 9.72 Å². The van der Waals surface area contributed by atoms with Gasteiger partial charge in [-0.15, -0.1) is 0 Å². The summed E-state index contributed by atoms with van der Waals surface area (Å²) >= 11 is 0. The number of pyridine rings is 1. The molecule has 0 aliphatic heterocycles. The molecule has 0 unspecified atom stereocenters. The number of nitrogens with two attached hydrogens (primary N) is 1. The van der Waals surface area contributed by atoms with Crippen LogP contribution in [0.25, 0.3) is 0 Å². The van der Waals surface area contributed by atoms with E-state index in [-0.39, 0.29) is 11.3 Å². The summed E-state index contributed by atoms with van der Waals surface area (Å²) in [6.45, 7) is 0. The second-order valence-electron chi connectivity index (χ2n) is 2.48. The fraction of sp³-hybridized carbons (Fsp3) is 0.250. The van der Waals surface area contributed by atoms with Crippen LogP contribution in [0.1, 0.15) is 22.3 Å². The van der Waals surface area contributed by atoms with Crippen molar-refractivity contribution in [1.29, 1.82) is 0 Å². The van der Waals surface area contributed by atoms with E-state index in [9.17, 15) is 13.6 Å². The highest BCUT2D eigenvalue weighted by Gasteiger charge is 2.21. The Hall–Kier alpha value is -1.72. The zero-order valence-electron chi connectivity index (χ0n) is 7.33. The van der Waals surface area contributed by atoms with Crippen LogP contribution in [-0.4, -0.2) is 18.1 Å². The monoisotopic (exact) mass is 202 g/mol. The van der Waals surface area contributed by atoms with Gasteiger partial charge in [-0.25, -0.2) is 13.6 Å². The van der Waals surface area contributed by atoms with E-state index in [0.717, 1.165) is 19.5 Å². The Balaban J connectivity index is 3.28. The molecule has 0 saturated heterocycles. The van der Waals surface area contributed by atoms with Crippen molar-refractivity contribution in [2.24, 2.45) is 0 Å². The van der Waals surface area contributed by atoms with Gasteiger partial charge < -0.3 is 10.5 Å². The maximum atomic E-state index is 12.5. The molecular formula is C8H8F2N2O2. The van der Waals surface area contributed by atoms with Crippen LogP contribution >= 0.6 is 0 Å². The lowest BCUT2D eigenvalue weighted by molar-refractivity contribution is 0.0589. The highest BCUT2D eigenvalue weighted by molar-refractivity contribution is 5.92. The predicted octanol–water partition coefficient (Wildman–Crippen LogP) is 1.39. The molecule has 0 aliphatic rings. The lowest BCUT2D eigenvalue weighted by atomic mass is 10.1. The van der Waals surface area contributed by atoms with Crippen LogP contribution in [0, 0.1) is 0 Å².